The lowest BCUT2D eigenvalue weighted by atomic mass is 10.1. The summed E-state index contributed by atoms with van der Waals surface area (Å²) in [6, 6.07) is 5.25. The van der Waals surface area contributed by atoms with E-state index in [0.717, 1.165) is 12.0 Å². The lowest BCUT2D eigenvalue weighted by Gasteiger charge is -2.17. The van der Waals surface area contributed by atoms with Gasteiger partial charge in [-0.3, -0.25) is 0 Å². The number of aliphatic hydroxyl groups is 1. The second kappa shape index (κ2) is 7.29. The van der Waals surface area contributed by atoms with Gasteiger partial charge in [-0.2, -0.15) is 0 Å². The van der Waals surface area contributed by atoms with Crippen LogP contribution < -0.4 is 5.32 Å². The molecule has 0 fully saturated rings. The Hall–Kier alpha value is -1.19. The Morgan fingerprint density at radius 2 is 2.22 bits per heavy atom. The largest absolute Gasteiger partial charge is 0.392 e. The lowest BCUT2D eigenvalue weighted by molar-refractivity contribution is 0.159. The maximum atomic E-state index is 13.4. The Balaban J connectivity index is 2.47. The van der Waals surface area contributed by atoms with E-state index in [1.54, 1.807) is 25.1 Å². The van der Waals surface area contributed by atoms with E-state index in [1.807, 2.05) is 13.0 Å². The van der Waals surface area contributed by atoms with Gasteiger partial charge in [0.15, 0.2) is 0 Å². The number of hydrogen-bond acceptors (Lipinski definition) is 2. The molecule has 0 aliphatic heterocycles. The number of nitrogens with one attached hydrogen (secondary N) is 1. The molecule has 2 nitrogen and oxygen atoms in total. The van der Waals surface area contributed by atoms with Gasteiger partial charge in [-0.05, 0) is 43.9 Å². The summed E-state index contributed by atoms with van der Waals surface area (Å²) in [7, 11) is 0. The van der Waals surface area contributed by atoms with Gasteiger partial charge in [-0.15, -0.1) is 6.58 Å². The summed E-state index contributed by atoms with van der Waals surface area (Å²) in [5.74, 6) is -0.187. The maximum Gasteiger partial charge on any atom is 0.126 e. The molecule has 0 heterocycles. The first-order valence-corrected chi connectivity index (χ1v) is 6.33. The summed E-state index contributed by atoms with van der Waals surface area (Å²) in [5, 5.41) is 12.9. The van der Waals surface area contributed by atoms with Crippen LogP contribution in [0, 0.1) is 12.7 Å². The quantitative estimate of drug-likeness (QED) is 0.730. The van der Waals surface area contributed by atoms with E-state index in [9.17, 15) is 9.50 Å². The summed E-state index contributed by atoms with van der Waals surface area (Å²) in [4.78, 5) is 0. The smallest absolute Gasteiger partial charge is 0.126 e. The van der Waals surface area contributed by atoms with Gasteiger partial charge < -0.3 is 10.4 Å². The predicted molar refractivity (Wildman–Crippen MR) is 73.0 cm³/mol. The molecule has 3 heteroatoms. The van der Waals surface area contributed by atoms with Gasteiger partial charge in [0.25, 0.3) is 0 Å². The molecule has 0 saturated carbocycles. The molecule has 0 amide bonds. The molecule has 1 aromatic carbocycles. The topological polar surface area (TPSA) is 32.3 Å². The Bertz CT molecular complexity index is 392. The molecular weight excluding hydrogens is 229 g/mol. The number of aryl methyl sites for hydroxylation is 1. The van der Waals surface area contributed by atoms with Crippen molar-refractivity contribution in [2.24, 2.45) is 0 Å². The molecule has 2 atom stereocenters. The molecule has 0 saturated heterocycles. The van der Waals surface area contributed by atoms with Gasteiger partial charge in [0.1, 0.15) is 5.82 Å². The standard InChI is InChI=1S/C15H22FNO/c1-4-5-6-14(18)10-17-12(3)13-8-7-11(2)15(16)9-13/h4,7-9,12,14,17-18H,1,5-6,10H2,2-3H3. The van der Waals surface area contributed by atoms with E-state index in [1.165, 1.54) is 0 Å². The van der Waals surface area contributed by atoms with Crippen molar-refractivity contribution >= 4 is 0 Å². The summed E-state index contributed by atoms with van der Waals surface area (Å²) >= 11 is 0. The molecule has 18 heavy (non-hydrogen) atoms. The molecular formula is C15H22FNO. The Kier molecular flexibility index (Phi) is 6.02. The summed E-state index contributed by atoms with van der Waals surface area (Å²) < 4.78 is 13.4. The fraction of sp³-hybridized carbons (Fsp3) is 0.467. The zero-order valence-electron chi connectivity index (χ0n) is 11.1. The number of allylic oxidation sites excluding steroid dienone is 1. The molecule has 0 aliphatic rings. The molecule has 2 N–H and O–H groups in total. The molecule has 1 aromatic rings. The minimum atomic E-state index is -0.388. The van der Waals surface area contributed by atoms with Crippen LogP contribution in [0.25, 0.3) is 0 Å². The van der Waals surface area contributed by atoms with E-state index < -0.39 is 0 Å². The predicted octanol–water partition coefficient (Wildman–Crippen LogP) is 3.11. The zero-order chi connectivity index (χ0) is 13.5. The first kappa shape index (κ1) is 14.9. The van der Waals surface area contributed by atoms with Crippen LogP contribution >= 0.6 is 0 Å². The highest BCUT2D eigenvalue weighted by molar-refractivity contribution is 5.25. The van der Waals surface area contributed by atoms with Gasteiger partial charge in [0.05, 0.1) is 6.10 Å². The van der Waals surface area contributed by atoms with E-state index in [2.05, 4.69) is 11.9 Å². The zero-order valence-corrected chi connectivity index (χ0v) is 11.1. The van der Waals surface area contributed by atoms with Crippen molar-refractivity contribution in [3.63, 3.8) is 0 Å². The highest BCUT2D eigenvalue weighted by Crippen LogP contribution is 2.16. The van der Waals surface area contributed by atoms with Gasteiger partial charge in [-0.1, -0.05) is 18.2 Å². The average Bonchev–Trinajstić information content (AvgIpc) is 2.36. The van der Waals surface area contributed by atoms with E-state index >= 15 is 0 Å². The van der Waals surface area contributed by atoms with Crippen molar-refractivity contribution in [1.82, 2.24) is 5.32 Å². The van der Waals surface area contributed by atoms with Crippen molar-refractivity contribution in [2.45, 2.75) is 38.8 Å². The van der Waals surface area contributed by atoms with Crippen LogP contribution in [-0.4, -0.2) is 17.8 Å². The van der Waals surface area contributed by atoms with Gasteiger partial charge in [0, 0.05) is 12.6 Å². The fourth-order valence-corrected chi connectivity index (χ4v) is 1.72. The highest BCUT2D eigenvalue weighted by Gasteiger charge is 2.09. The Morgan fingerprint density at radius 1 is 1.50 bits per heavy atom. The molecule has 1 rings (SSSR count). The maximum absolute atomic E-state index is 13.4. The van der Waals surface area contributed by atoms with Crippen LogP contribution in [-0.2, 0) is 0 Å². The molecule has 0 aromatic heterocycles. The van der Waals surface area contributed by atoms with Crippen molar-refractivity contribution in [3.05, 3.63) is 47.8 Å². The summed E-state index contributed by atoms with van der Waals surface area (Å²) in [6.07, 6.45) is 2.91. The van der Waals surface area contributed by atoms with Crippen LogP contribution in [0.15, 0.2) is 30.9 Å². The number of aliphatic hydroxyl groups excluding tert-OH is 1. The number of rotatable bonds is 7. The highest BCUT2D eigenvalue weighted by atomic mass is 19.1. The van der Waals surface area contributed by atoms with Crippen molar-refractivity contribution < 1.29 is 9.50 Å². The number of benzene rings is 1. The molecule has 100 valence electrons. The second-order valence-corrected chi connectivity index (χ2v) is 4.66. The summed E-state index contributed by atoms with van der Waals surface area (Å²) in [6.45, 7) is 7.83. The van der Waals surface area contributed by atoms with E-state index in [-0.39, 0.29) is 18.0 Å². The fourth-order valence-electron chi connectivity index (χ4n) is 1.72. The second-order valence-electron chi connectivity index (χ2n) is 4.66. The molecule has 0 spiro atoms. The van der Waals surface area contributed by atoms with E-state index in [0.29, 0.717) is 18.5 Å². The van der Waals surface area contributed by atoms with Crippen molar-refractivity contribution in [3.8, 4) is 0 Å². The minimum Gasteiger partial charge on any atom is -0.392 e. The molecule has 0 radical (unpaired) electrons. The average molecular weight is 251 g/mol. The Morgan fingerprint density at radius 3 is 2.83 bits per heavy atom. The van der Waals surface area contributed by atoms with Crippen LogP contribution in [0.4, 0.5) is 4.39 Å². The van der Waals surface area contributed by atoms with Crippen molar-refractivity contribution in [1.29, 1.82) is 0 Å². The van der Waals surface area contributed by atoms with Gasteiger partial charge in [0.2, 0.25) is 0 Å². The van der Waals surface area contributed by atoms with Crippen LogP contribution in [0.2, 0.25) is 0 Å². The molecule has 0 aliphatic carbocycles. The molecule has 0 bridgehead atoms. The third kappa shape index (κ3) is 4.59. The lowest BCUT2D eigenvalue weighted by Crippen LogP contribution is -2.29. The van der Waals surface area contributed by atoms with Crippen LogP contribution in [0.3, 0.4) is 0 Å². The van der Waals surface area contributed by atoms with E-state index in [4.69, 9.17) is 0 Å². The number of hydrogen-bond donors (Lipinski definition) is 2. The molecule has 2 unspecified atom stereocenters. The third-order valence-corrected chi connectivity index (χ3v) is 3.06. The van der Waals surface area contributed by atoms with Crippen LogP contribution in [0.1, 0.15) is 36.9 Å². The normalized spacial score (nSPS) is 14.2. The first-order valence-electron chi connectivity index (χ1n) is 6.33. The minimum absolute atomic E-state index is 0.0264. The van der Waals surface area contributed by atoms with Gasteiger partial charge in [-0.25, -0.2) is 4.39 Å². The Labute approximate surface area is 109 Å². The number of halogens is 1. The first-order chi connectivity index (χ1) is 8.54. The van der Waals surface area contributed by atoms with Gasteiger partial charge >= 0.3 is 0 Å². The monoisotopic (exact) mass is 251 g/mol. The van der Waals surface area contributed by atoms with Crippen LogP contribution in [0.5, 0.6) is 0 Å². The SMILES string of the molecule is C=CCCC(O)CNC(C)c1ccc(C)c(F)c1. The van der Waals surface area contributed by atoms with Crippen molar-refractivity contribution in [2.75, 3.05) is 6.54 Å². The third-order valence-electron chi connectivity index (χ3n) is 3.06. The summed E-state index contributed by atoms with van der Waals surface area (Å²) in [5.41, 5.74) is 1.55.